The Balaban J connectivity index is 1.40. The molecule has 182 valence electrons. The van der Waals surface area contributed by atoms with Crippen LogP contribution < -0.4 is 0 Å². The molecule has 0 atom stereocenters. The molecule has 2 fully saturated rings. The van der Waals surface area contributed by atoms with E-state index in [2.05, 4.69) is 18.7 Å². The van der Waals surface area contributed by atoms with Crippen LogP contribution in [0.4, 0.5) is 0 Å². The Morgan fingerprint density at radius 3 is 2.39 bits per heavy atom. The summed E-state index contributed by atoms with van der Waals surface area (Å²) >= 11 is 0. The zero-order valence-electron chi connectivity index (χ0n) is 20.2. The minimum Gasteiger partial charge on any atom is -0.340 e. The van der Waals surface area contributed by atoms with Crippen LogP contribution in [0.15, 0.2) is 23.1 Å². The van der Waals surface area contributed by atoms with Crippen molar-refractivity contribution in [2.75, 3.05) is 45.8 Å². The quantitative estimate of drug-likeness (QED) is 0.615. The third-order valence-corrected chi connectivity index (χ3v) is 8.70. The summed E-state index contributed by atoms with van der Waals surface area (Å²) in [5.41, 5.74) is 1.55. The van der Waals surface area contributed by atoms with Crippen molar-refractivity contribution in [2.24, 2.45) is 13.0 Å². The Hall–Kier alpha value is -1.97. The van der Waals surface area contributed by atoms with E-state index in [4.69, 9.17) is 4.98 Å². The number of rotatable bonds is 7. The van der Waals surface area contributed by atoms with Gasteiger partial charge in [-0.1, -0.05) is 20.3 Å². The highest BCUT2D eigenvalue weighted by atomic mass is 32.2. The Kier molecular flexibility index (Phi) is 7.40. The molecule has 4 rings (SSSR count). The number of aromatic nitrogens is 2. The number of aryl methyl sites for hydroxylation is 2. The minimum absolute atomic E-state index is 0.166. The molecule has 2 saturated heterocycles. The number of piperidine rings is 1. The Morgan fingerprint density at radius 1 is 1.03 bits per heavy atom. The molecule has 3 heterocycles. The van der Waals surface area contributed by atoms with Gasteiger partial charge in [-0.3, -0.25) is 9.69 Å². The van der Waals surface area contributed by atoms with Crippen LogP contribution in [0.3, 0.4) is 0 Å². The summed E-state index contributed by atoms with van der Waals surface area (Å²) in [6.45, 7) is 10.1. The molecule has 0 N–H and O–H groups in total. The van der Waals surface area contributed by atoms with Crippen molar-refractivity contribution in [3.63, 3.8) is 0 Å². The fraction of sp³-hybridized carbons (Fsp3) is 0.667. The molecule has 0 radical (unpaired) electrons. The van der Waals surface area contributed by atoms with Gasteiger partial charge in [-0.25, -0.2) is 13.4 Å². The molecule has 33 heavy (non-hydrogen) atoms. The van der Waals surface area contributed by atoms with E-state index >= 15 is 0 Å². The molecule has 8 nitrogen and oxygen atoms in total. The average molecular weight is 476 g/mol. The van der Waals surface area contributed by atoms with Crippen LogP contribution in [0.25, 0.3) is 11.0 Å². The number of carbonyl (C=O) groups excluding carboxylic acids is 1. The highest BCUT2D eigenvalue weighted by molar-refractivity contribution is 7.89. The summed E-state index contributed by atoms with van der Waals surface area (Å²) in [6.07, 6.45) is 3.87. The summed E-state index contributed by atoms with van der Waals surface area (Å²) in [6, 6.07) is 5.19. The lowest BCUT2D eigenvalue weighted by molar-refractivity contribution is -0.133. The topological polar surface area (TPSA) is 78.8 Å². The normalized spacial score (nSPS) is 19.0. The first kappa shape index (κ1) is 24.2. The predicted molar refractivity (Wildman–Crippen MR) is 130 cm³/mol. The molecule has 1 aromatic carbocycles. The second kappa shape index (κ2) is 10.1. The van der Waals surface area contributed by atoms with Crippen molar-refractivity contribution in [1.29, 1.82) is 0 Å². The van der Waals surface area contributed by atoms with E-state index in [9.17, 15) is 13.2 Å². The van der Waals surface area contributed by atoms with Crippen molar-refractivity contribution in [3.05, 3.63) is 24.0 Å². The maximum atomic E-state index is 13.0. The summed E-state index contributed by atoms with van der Waals surface area (Å²) in [5, 5.41) is 0. The molecule has 0 bridgehead atoms. The largest absolute Gasteiger partial charge is 0.340 e. The van der Waals surface area contributed by atoms with Gasteiger partial charge in [0.05, 0.1) is 15.9 Å². The third kappa shape index (κ3) is 5.41. The van der Waals surface area contributed by atoms with Crippen molar-refractivity contribution in [2.45, 2.75) is 50.8 Å². The first-order valence-electron chi connectivity index (χ1n) is 12.2. The number of amides is 1. The summed E-state index contributed by atoms with van der Waals surface area (Å²) < 4.78 is 29.6. The molecular formula is C24H37N5O3S. The van der Waals surface area contributed by atoms with Crippen LogP contribution in [0.2, 0.25) is 0 Å². The number of nitrogens with zero attached hydrogens (tertiary/aromatic N) is 5. The van der Waals surface area contributed by atoms with Gasteiger partial charge in [-0.2, -0.15) is 4.31 Å². The van der Waals surface area contributed by atoms with Crippen molar-refractivity contribution in [3.8, 4) is 0 Å². The lowest BCUT2D eigenvalue weighted by Crippen LogP contribution is -2.49. The molecule has 1 amide bonds. The molecular weight excluding hydrogens is 438 g/mol. The van der Waals surface area contributed by atoms with Gasteiger partial charge >= 0.3 is 0 Å². The molecule has 9 heteroatoms. The van der Waals surface area contributed by atoms with Gasteiger partial charge in [0.2, 0.25) is 15.9 Å². The number of benzene rings is 1. The number of sulfonamides is 1. The van der Waals surface area contributed by atoms with Gasteiger partial charge in [-0.15, -0.1) is 0 Å². The lowest BCUT2D eigenvalue weighted by atomic mass is 10.2. The van der Waals surface area contributed by atoms with Crippen LogP contribution in [0.1, 0.15) is 45.4 Å². The monoisotopic (exact) mass is 475 g/mol. The SMILES string of the molecule is CC(C)CN1CCN(C(=O)CCc2nc3cc(S(=O)(=O)N4CCCCC4)ccc3n2C)CC1. The van der Waals surface area contributed by atoms with Gasteiger partial charge < -0.3 is 9.47 Å². The van der Waals surface area contributed by atoms with Crippen LogP contribution in [0.5, 0.6) is 0 Å². The molecule has 2 aliphatic heterocycles. The summed E-state index contributed by atoms with van der Waals surface area (Å²) in [4.78, 5) is 22.2. The average Bonchev–Trinajstić information content (AvgIpc) is 3.13. The molecule has 0 spiro atoms. The van der Waals surface area contributed by atoms with E-state index < -0.39 is 10.0 Å². The number of fused-ring (bicyclic) bond motifs is 1. The number of hydrogen-bond acceptors (Lipinski definition) is 5. The van der Waals surface area contributed by atoms with Gasteiger partial charge in [0.25, 0.3) is 0 Å². The summed E-state index contributed by atoms with van der Waals surface area (Å²) in [7, 11) is -1.56. The van der Waals surface area contributed by atoms with Gasteiger partial charge in [0, 0.05) is 65.7 Å². The zero-order chi connectivity index (χ0) is 23.6. The zero-order valence-corrected chi connectivity index (χ0v) is 21.0. The van der Waals surface area contributed by atoms with Gasteiger partial charge in [0.1, 0.15) is 5.82 Å². The Labute approximate surface area is 197 Å². The minimum atomic E-state index is -3.49. The molecule has 2 aliphatic rings. The fourth-order valence-electron chi connectivity index (χ4n) is 4.94. The number of hydrogen-bond donors (Lipinski definition) is 0. The standard InChI is InChI=1S/C24H37N5O3S/c1-19(2)18-27-13-15-28(16-14-27)24(30)10-9-23-25-21-17-20(7-8-22(21)26(23)3)33(31,32)29-11-5-4-6-12-29/h7-8,17,19H,4-6,9-16,18H2,1-3H3. The van der Waals surface area contributed by atoms with Crippen molar-refractivity contribution < 1.29 is 13.2 Å². The first-order chi connectivity index (χ1) is 15.8. The van der Waals surface area contributed by atoms with E-state index in [0.29, 0.717) is 42.3 Å². The number of carbonyl (C=O) groups is 1. The van der Waals surface area contributed by atoms with Gasteiger partial charge in [0.15, 0.2) is 0 Å². The van der Waals surface area contributed by atoms with Crippen LogP contribution in [0, 0.1) is 5.92 Å². The molecule has 1 aromatic heterocycles. The smallest absolute Gasteiger partial charge is 0.243 e. The second-order valence-corrected chi connectivity index (χ2v) is 11.7. The highest BCUT2D eigenvalue weighted by Crippen LogP contribution is 2.25. The van der Waals surface area contributed by atoms with E-state index in [1.165, 1.54) is 0 Å². The lowest BCUT2D eigenvalue weighted by Gasteiger charge is -2.35. The molecule has 0 aliphatic carbocycles. The Bertz CT molecular complexity index is 1080. The van der Waals surface area contributed by atoms with E-state index in [-0.39, 0.29) is 5.91 Å². The summed E-state index contributed by atoms with van der Waals surface area (Å²) in [5.74, 6) is 1.61. The maximum Gasteiger partial charge on any atom is 0.243 e. The fourth-order valence-corrected chi connectivity index (χ4v) is 6.48. The van der Waals surface area contributed by atoms with Crippen molar-refractivity contribution >= 4 is 27.0 Å². The van der Waals surface area contributed by atoms with Crippen LogP contribution in [-0.4, -0.2) is 83.8 Å². The van der Waals surface area contributed by atoms with E-state index in [0.717, 1.165) is 63.3 Å². The maximum absolute atomic E-state index is 13.0. The predicted octanol–water partition coefficient (Wildman–Crippen LogP) is 2.48. The number of piperazine rings is 1. The molecule has 0 saturated carbocycles. The van der Waals surface area contributed by atoms with Crippen molar-refractivity contribution in [1.82, 2.24) is 23.7 Å². The molecule has 2 aromatic rings. The Morgan fingerprint density at radius 2 is 1.73 bits per heavy atom. The van der Waals surface area contributed by atoms with E-state index in [1.54, 1.807) is 16.4 Å². The molecule has 0 unspecified atom stereocenters. The van der Waals surface area contributed by atoms with E-state index in [1.807, 2.05) is 22.6 Å². The van der Waals surface area contributed by atoms with Gasteiger partial charge in [-0.05, 0) is 37.0 Å². The number of imidazole rings is 1. The van der Waals surface area contributed by atoms with Crippen LogP contribution >= 0.6 is 0 Å². The third-order valence-electron chi connectivity index (χ3n) is 6.81. The highest BCUT2D eigenvalue weighted by Gasteiger charge is 2.27. The second-order valence-electron chi connectivity index (χ2n) is 9.78. The first-order valence-corrected chi connectivity index (χ1v) is 13.7. The van der Waals surface area contributed by atoms with Crippen LogP contribution in [-0.2, 0) is 28.3 Å².